The van der Waals surface area contributed by atoms with Gasteiger partial charge < -0.3 is 20.7 Å². The zero-order valence-corrected chi connectivity index (χ0v) is 19.3. The Morgan fingerprint density at radius 1 is 1.23 bits per heavy atom. The molecule has 6 nitrogen and oxygen atoms in total. The Morgan fingerprint density at radius 3 is 2.63 bits per heavy atom. The number of carbonyl (C=O) groups excluding carboxylic acids is 1. The SMILES string of the molecule is CN=C(NCc1ccccc1Oc1ccccc1F)N1CCCC(CC(N)=O)C1.I. The molecule has 1 aliphatic rings. The normalized spacial score (nSPS) is 16.5. The molecule has 1 unspecified atom stereocenters. The third kappa shape index (κ3) is 6.58. The molecule has 1 amide bonds. The summed E-state index contributed by atoms with van der Waals surface area (Å²) < 4.78 is 19.7. The molecule has 1 heterocycles. The Balaban J connectivity index is 0.00000320. The molecule has 8 heteroatoms. The van der Waals surface area contributed by atoms with Gasteiger partial charge in [0, 0.05) is 38.7 Å². The van der Waals surface area contributed by atoms with Gasteiger partial charge in [0.1, 0.15) is 5.75 Å². The van der Waals surface area contributed by atoms with Gasteiger partial charge in [0.15, 0.2) is 17.5 Å². The number of halogens is 2. The van der Waals surface area contributed by atoms with Crippen molar-refractivity contribution in [3.8, 4) is 11.5 Å². The van der Waals surface area contributed by atoms with Crippen molar-refractivity contribution < 1.29 is 13.9 Å². The molecular formula is C22H28FIN4O2. The van der Waals surface area contributed by atoms with E-state index in [9.17, 15) is 9.18 Å². The van der Waals surface area contributed by atoms with Crippen molar-refractivity contribution in [1.29, 1.82) is 0 Å². The summed E-state index contributed by atoms with van der Waals surface area (Å²) in [5.41, 5.74) is 6.25. The maximum Gasteiger partial charge on any atom is 0.217 e. The molecule has 2 aromatic carbocycles. The summed E-state index contributed by atoms with van der Waals surface area (Å²) in [7, 11) is 1.74. The molecule has 162 valence electrons. The van der Waals surface area contributed by atoms with Gasteiger partial charge in [0.2, 0.25) is 5.91 Å². The molecular weight excluding hydrogens is 498 g/mol. The lowest BCUT2D eigenvalue weighted by molar-refractivity contribution is -0.119. The van der Waals surface area contributed by atoms with Crippen LogP contribution >= 0.6 is 24.0 Å². The number of guanidine groups is 1. The van der Waals surface area contributed by atoms with Crippen molar-refractivity contribution >= 4 is 35.8 Å². The first-order chi connectivity index (χ1) is 14.1. The van der Waals surface area contributed by atoms with Crippen LogP contribution in [-0.2, 0) is 11.3 Å². The van der Waals surface area contributed by atoms with Crippen molar-refractivity contribution in [3.05, 3.63) is 59.9 Å². The van der Waals surface area contributed by atoms with Crippen LogP contribution in [0.15, 0.2) is 53.5 Å². The second-order valence-electron chi connectivity index (χ2n) is 7.17. The lowest BCUT2D eigenvalue weighted by Gasteiger charge is -2.34. The van der Waals surface area contributed by atoms with Gasteiger partial charge in [0.25, 0.3) is 0 Å². The van der Waals surface area contributed by atoms with E-state index in [1.54, 1.807) is 25.2 Å². The highest BCUT2D eigenvalue weighted by Gasteiger charge is 2.23. The molecule has 30 heavy (non-hydrogen) atoms. The molecule has 0 saturated carbocycles. The maximum atomic E-state index is 13.9. The summed E-state index contributed by atoms with van der Waals surface area (Å²) in [5, 5.41) is 3.36. The molecule has 1 fully saturated rings. The van der Waals surface area contributed by atoms with Crippen molar-refractivity contribution in [1.82, 2.24) is 10.2 Å². The lowest BCUT2D eigenvalue weighted by Crippen LogP contribution is -2.46. The van der Waals surface area contributed by atoms with Crippen LogP contribution < -0.4 is 15.8 Å². The quantitative estimate of drug-likeness (QED) is 0.340. The number of nitrogens with two attached hydrogens (primary N) is 1. The Morgan fingerprint density at radius 2 is 1.93 bits per heavy atom. The highest BCUT2D eigenvalue weighted by Crippen LogP contribution is 2.27. The fraction of sp³-hybridized carbons (Fsp3) is 0.364. The second-order valence-corrected chi connectivity index (χ2v) is 7.17. The topological polar surface area (TPSA) is 80.0 Å². The number of nitrogens with one attached hydrogen (secondary N) is 1. The van der Waals surface area contributed by atoms with E-state index in [0.29, 0.717) is 18.7 Å². The van der Waals surface area contributed by atoms with E-state index in [0.717, 1.165) is 37.5 Å². The average molecular weight is 526 g/mol. The summed E-state index contributed by atoms with van der Waals surface area (Å²) in [5.74, 6) is 1.12. The Labute approximate surface area is 193 Å². The van der Waals surface area contributed by atoms with E-state index in [-0.39, 0.29) is 41.6 Å². The van der Waals surface area contributed by atoms with E-state index in [1.807, 2.05) is 24.3 Å². The Kier molecular flexibility index (Phi) is 9.35. The number of hydrogen-bond acceptors (Lipinski definition) is 3. The minimum Gasteiger partial charge on any atom is -0.454 e. The predicted molar refractivity (Wildman–Crippen MR) is 127 cm³/mol. The van der Waals surface area contributed by atoms with E-state index in [2.05, 4.69) is 15.2 Å². The molecule has 3 rings (SSSR count). The Hall–Kier alpha value is -2.36. The lowest BCUT2D eigenvalue weighted by atomic mass is 9.95. The van der Waals surface area contributed by atoms with Crippen LogP contribution in [0.4, 0.5) is 4.39 Å². The summed E-state index contributed by atoms with van der Waals surface area (Å²) in [6, 6.07) is 13.9. The second kappa shape index (κ2) is 11.7. The van der Waals surface area contributed by atoms with E-state index < -0.39 is 5.82 Å². The number of nitrogens with zero attached hydrogens (tertiary/aromatic N) is 2. The van der Waals surface area contributed by atoms with E-state index >= 15 is 0 Å². The first-order valence-corrected chi connectivity index (χ1v) is 9.81. The minimum atomic E-state index is -0.403. The summed E-state index contributed by atoms with van der Waals surface area (Å²) >= 11 is 0. The van der Waals surface area contributed by atoms with Gasteiger partial charge in [-0.2, -0.15) is 0 Å². The third-order valence-corrected chi connectivity index (χ3v) is 4.99. The van der Waals surface area contributed by atoms with Crippen molar-refractivity contribution in [2.24, 2.45) is 16.6 Å². The van der Waals surface area contributed by atoms with Crippen molar-refractivity contribution in [3.63, 3.8) is 0 Å². The summed E-state index contributed by atoms with van der Waals surface area (Å²) in [6.45, 7) is 2.10. The zero-order valence-electron chi connectivity index (χ0n) is 17.0. The van der Waals surface area contributed by atoms with Crippen LogP contribution in [0.3, 0.4) is 0 Å². The molecule has 0 aliphatic carbocycles. The number of likely N-dealkylation sites (tertiary alicyclic amines) is 1. The van der Waals surface area contributed by atoms with Gasteiger partial charge in [0.05, 0.1) is 0 Å². The number of rotatable bonds is 6. The van der Waals surface area contributed by atoms with Crippen LogP contribution in [-0.4, -0.2) is 36.9 Å². The molecule has 0 spiro atoms. The highest BCUT2D eigenvalue weighted by atomic mass is 127. The Bertz CT molecular complexity index is 878. The van der Waals surface area contributed by atoms with Crippen LogP contribution in [0.2, 0.25) is 0 Å². The standard InChI is InChI=1S/C22H27FN4O2.HI/c1-25-22(27-12-6-7-16(15-27)13-21(24)28)26-14-17-8-2-4-10-19(17)29-20-11-5-3-9-18(20)23;/h2-5,8-11,16H,6-7,12-15H2,1H3,(H2,24,28)(H,25,26);1H. The van der Waals surface area contributed by atoms with E-state index in [1.165, 1.54) is 6.07 Å². The van der Waals surface area contributed by atoms with Gasteiger partial charge >= 0.3 is 0 Å². The first-order valence-electron chi connectivity index (χ1n) is 9.81. The number of piperidine rings is 1. The number of hydrogen-bond donors (Lipinski definition) is 2. The predicted octanol–water partition coefficient (Wildman–Crippen LogP) is 3.90. The molecule has 0 radical (unpaired) electrons. The van der Waals surface area contributed by atoms with Crippen molar-refractivity contribution in [2.45, 2.75) is 25.8 Å². The number of aliphatic imine (C=N–C) groups is 1. The first kappa shape index (κ1) is 23.9. The molecule has 1 aliphatic heterocycles. The number of primary amides is 1. The molecule has 1 saturated heterocycles. The number of para-hydroxylation sites is 2. The molecule has 0 bridgehead atoms. The van der Waals surface area contributed by atoms with Gasteiger partial charge in [-0.05, 0) is 37.0 Å². The monoisotopic (exact) mass is 526 g/mol. The molecule has 1 atom stereocenters. The number of ether oxygens (including phenoxy) is 1. The highest BCUT2D eigenvalue weighted by molar-refractivity contribution is 14.0. The molecule has 2 aromatic rings. The minimum absolute atomic E-state index is 0. The average Bonchev–Trinajstić information content (AvgIpc) is 2.71. The third-order valence-electron chi connectivity index (χ3n) is 4.99. The van der Waals surface area contributed by atoms with E-state index in [4.69, 9.17) is 10.5 Å². The van der Waals surface area contributed by atoms with Crippen LogP contribution in [0, 0.1) is 11.7 Å². The summed E-state index contributed by atoms with van der Waals surface area (Å²) in [6.07, 6.45) is 2.38. The fourth-order valence-electron chi connectivity index (χ4n) is 3.61. The zero-order chi connectivity index (χ0) is 20.6. The number of carbonyl (C=O) groups is 1. The fourth-order valence-corrected chi connectivity index (χ4v) is 3.61. The maximum absolute atomic E-state index is 13.9. The van der Waals surface area contributed by atoms with Gasteiger partial charge in [-0.25, -0.2) is 4.39 Å². The van der Waals surface area contributed by atoms with Crippen LogP contribution in [0.25, 0.3) is 0 Å². The van der Waals surface area contributed by atoms with Crippen molar-refractivity contribution in [2.75, 3.05) is 20.1 Å². The smallest absolute Gasteiger partial charge is 0.217 e. The molecule has 0 aromatic heterocycles. The van der Waals surface area contributed by atoms with Gasteiger partial charge in [-0.1, -0.05) is 30.3 Å². The summed E-state index contributed by atoms with van der Waals surface area (Å²) in [4.78, 5) is 17.8. The number of benzene rings is 2. The number of amides is 1. The van der Waals surface area contributed by atoms with Crippen LogP contribution in [0.5, 0.6) is 11.5 Å². The largest absolute Gasteiger partial charge is 0.454 e. The molecule has 3 N–H and O–H groups in total. The van der Waals surface area contributed by atoms with Gasteiger partial charge in [-0.3, -0.25) is 9.79 Å². The van der Waals surface area contributed by atoms with Crippen LogP contribution in [0.1, 0.15) is 24.8 Å². The van der Waals surface area contributed by atoms with Gasteiger partial charge in [-0.15, -0.1) is 24.0 Å².